The van der Waals surface area contributed by atoms with Crippen LogP contribution in [0.1, 0.15) is 18.5 Å². The van der Waals surface area contributed by atoms with Crippen molar-refractivity contribution in [3.63, 3.8) is 0 Å². The number of nitrogens with zero attached hydrogens (tertiary/aromatic N) is 2. The largest absolute Gasteiger partial charge is 0.393 e. The van der Waals surface area contributed by atoms with Crippen LogP contribution >= 0.6 is 15.9 Å². The highest BCUT2D eigenvalue weighted by Crippen LogP contribution is 2.29. The molecule has 3 rings (SSSR count). The summed E-state index contributed by atoms with van der Waals surface area (Å²) in [5, 5.41) is 6.56. The fraction of sp³-hybridized carbons (Fsp3) is 0.111. The fourth-order valence-corrected chi connectivity index (χ4v) is 2.74. The zero-order valence-electron chi connectivity index (χ0n) is 13.2. The highest BCUT2D eigenvalue weighted by molar-refractivity contribution is 9.10. The molecule has 1 unspecified atom stereocenters. The highest BCUT2D eigenvalue weighted by atomic mass is 79.9. The summed E-state index contributed by atoms with van der Waals surface area (Å²) >= 11 is 3.45. The van der Waals surface area contributed by atoms with Crippen molar-refractivity contribution >= 4 is 38.9 Å². The predicted molar refractivity (Wildman–Crippen MR) is 102 cm³/mol. The first-order chi connectivity index (χ1) is 11.6. The van der Waals surface area contributed by atoms with Crippen LogP contribution in [0, 0.1) is 0 Å². The van der Waals surface area contributed by atoms with Gasteiger partial charge in [-0.15, -0.1) is 0 Å². The van der Waals surface area contributed by atoms with Crippen LogP contribution in [0.2, 0.25) is 0 Å². The van der Waals surface area contributed by atoms with Crippen molar-refractivity contribution in [1.29, 1.82) is 0 Å². The molecule has 0 fully saturated rings. The van der Waals surface area contributed by atoms with Gasteiger partial charge < -0.3 is 16.4 Å². The van der Waals surface area contributed by atoms with Crippen molar-refractivity contribution < 1.29 is 0 Å². The van der Waals surface area contributed by atoms with E-state index in [4.69, 9.17) is 5.73 Å². The second-order valence-corrected chi connectivity index (χ2v) is 6.31. The van der Waals surface area contributed by atoms with Gasteiger partial charge in [-0.3, -0.25) is 0 Å². The van der Waals surface area contributed by atoms with E-state index in [0.29, 0.717) is 17.3 Å². The van der Waals surface area contributed by atoms with Crippen molar-refractivity contribution in [1.82, 2.24) is 9.97 Å². The first kappa shape index (κ1) is 16.3. The number of halogens is 1. The number of anilines is 4. The number of nitrogens with one attached hydrogen (secondary N) is 2. The van der Waals surface area contributed by atoms with Gasteiger partial charge in [0.25, 0.3) is 0 Å². The maximum Gasteiger partial charge on any atom is 0.159 e. The number of aromatic nitrogens is 2. The molecule has 5 nitrogen and oxygen atoms in total. The number of rotatable bonds is 5. The molecular weight excluding hydrogens is 366 g/mol. The third-order valence-electron chi connectivity index (χ3n) is 3.62. The Labute approximate surface area is 149 Å². The Bertz CT molecular complexity index is 823. The lowest BCUT2D eigenvalue weighted by atomic mass is 10.1. The Morgan fingerprint density at radius 3 is 2.50 bits per heavy atom. The monoisotopic (exact) mass is 383 g/mol. The number of hydrogen-bond acceptors (Lipinski definition) is 5. The standard InChI is InChI=1S/C18H18BrN5/c1-12(13-6-3-2-4-7-13)23-17-16(20)18(22-11-21-17)24-15-9-5-8-14(19)10-15/h2-12H,20H2,1H3,(H2,21,22,23,24). The molecule has 6 heteroatoms. The van der Waals surface area contributed by atoms with Gasteiger partial charge in [0, 0.05) is 10.2 Å². The highest BCUT2D eigenvalue weighted by Gasteiger charge is 2.12. The lowest BCUT2D eigenvalue weighted by molar-refractivity contribution is 0.873. The molecule has 0 bridgehead atoms. The Morgan fingerprint density at radius 1 is 1.00 bits per heavy atom. The van der Waals surface area contributed by atoms with Crippen LogP contribution < -0.4 is 16.4 Å². The molecule has 0 spiro atoms. The summed E-state index contributed by atoms with van der Waals surface area (Å²) in [7, 11) is 0. The average Bonchev–Trinajstić information content (AvgIpc) is 2.59. The van der Waals surface area contributed by atoms with Crippen molar-refractivity contribution in [2.75, 3.05) is 16.4 Å². The fourth-order valence-electron chi connectivity index (χ4n) is 2.34. The number of nitrogen functional groups attached to an aromatic ring is 1. The molecule has 1 heterocycles. The minimum absolute atomic E-state index is 0.0853. The first-order valence-electron chi connectivity index (χ1n) is 7.58. The Balaban J connectivity index is 1.80. The van der Waals surface area contributed by atoms with E-state index >= 15 is 0 Å². The molecule has 122 valence electrons. The molecule has 0 saturated heterocycles. The predicted octanol–water partition coefficient (Wildman–Crippen LogP) is 4.74. The molecule has 2 aromatic carbocycles. The lowest BCUT2D eigenvalue weighted by Gasteiger charge is -2.17. The molecule has 0 radical (unpaired) electrons. The molecule has 0 amide bonds. The third kappa shape index (κ3) is 3.83. The average molecular weight is 384 g/mol. The van der Waals surface area contributed by atoms with E-state index in [9.17, 15) is 0 Å². The van der Waals surface area contributed by atoms with Crippen LogP contribution in [0.3, 0.4) is 0 Å². The summed E-state index contributed by atoms with van der Waals surface area (Å²) in [5.41, 5.74) is 8.78. The van der Waals surface area contributed by atoms with E-state index in [2.05, 4.69) is 55.6 Å². The Hall–Kier alpha value is -2.60. The second kappa shape index (κ2) is 7.31. The maximum absolute atomic E-state index is 6.23. The summed E-state index contributed by atoms with van der Waals surface area (Å²) in [6.45, 7) is 2.07. The molecule has 1 atom stereocenters. The van der Waals surface area contributed by atoms with Crippen molar-refractivity contribution in [3.05, 3.63) is 71.0 Å². The van der Waals surface area contributed by atoms with Crippen LogP contribution in [0.4, 0.5) is 23.0 Å². The molecule has 0 aliphatic carbocycles. The molecule has 24 heavy (non-hydrogen) atoms. The van der Waals surface area contributed by atoms with Gasteiger partial charge in [0.15, 0.2) is 11.6 Å². The van der Waals surface area contributed by atoms with E-state index < -0.39 is 0 Å². The van der Waals surface area contributed by atoms with Gasteiger partial charge in [-0.1, -0.05) is 52.3 Å². The first-order valence-corrected chi connectivity index (χ1v) is 8.37. The van der Waals surface area contributed by atoms with Crippen LogP contribution in [-0.4, -0.2) is 9.97 Å². The summed E-state index contributed by atoms with van der Waals surface area (Å²) in [5.74, 6) is 1.18. The molecule has 1 aromatic heterocycles. The van der Waals surface area contributed by atoms with Crippen LogP contribution in [-0.2, 0) is 0 Å². The quantitative estimate of drug-likeness (QED) is 0.593. The van der Waals surface area contributed by atoms with E-state index in [-0.39, 0.29) is 6.04 Å². The van der Waals surface area contributed by atoms with Gasteiger partial charge in [0.1, 0.15) is 12.0 Å². The van der Waals surface area contributed by atoms with Crippen molar-refractivity contribution in [3.8, 4) is 0 Å². The normalized spacial score (nSPS) is 11.8. The zero-order valence-corrected chi connectivity index (χ0v) is 14.8. The number of nitrogens with two attached hydrogens (primary N) is 1. The van der Waals surface area contributed by atoms with Crippen LogP contribution in [0.15, 0.2) is 65.4 Å². The minimum atomic E-state index is 0.0853. The smallest absolute Gasteiger partial charge is 0.159 e. The second-order valence-electron chi connectivity index (χ2n) is 5.40. The van der Waals surface area contributed by atoms with Gasteiger partial charge in [-0.25, -0.2) is 9.97 Å². The van der Waals surface area contributed by atoms with Gasteiger partial charge in [0.2, 0.25) is 0 Å². The van der Waals surface area contributed by atoms with E-state index in [0.717, 1.165) is 15.7 Å². The Morgan fingerprint density at radius 2 is 1.75 bits per heavy atom. The topological polar surface area (TPSA) is 75.9 Å². The zero-order chi connectivity index (χ0) is 16.9. The van der Waals surface area contributed by atoms with Gasteiger partial charge in [-0.05, 0) is 30.7 Å². The summed E-state index contributed by atoms with van der Waals surface area (Å²) in [6, 6.07) is 18.0. The molecule has 0 saturated carbocycles. The molecular formula is C18H18BrN5. The minimum Gasteiger partial charge on any atom is -0.393 e. The maximum atomic E-state index is 6.23. The van der Waals surface area contributed by atoms with E-state index in [1.165, 1.54) is 6.33 Å². The summed E-state index contributed by atoms with van der Waals surface area (Å²) < 4.78 is 0.983. The van der Waals surface area contributed by atoms with E-state index in [1.807, 2.05) is 42.5 Å². The Kier molecular flexibility index (Phi) is 4.96. The van der Waals surface area contributed by atoms with Crippen LogP contribution in [0.25, 0.3) is 0 Å². The van der Waals surface area contributed by atoms with Gasteiger partial charge in [0.05, 0.1) is 6.04 Å². The molecule has 0 aliphatic rings. The number of hydrogen-bond donors (Lipinski definition) is 3. The molecule has 0 aliphatic heterocycles. The summed E-state index contributed by atoms with van der Waals surface area (Å²) in [4.78, 5) is 8.51. The van der Waals surface area contributed by atoms with Gasteiger partial charge in [-0.2, -0.15) is 0 Å². The third-order valence-corrected chi connectivity index (χ3v) is 4.12. The van der Waals surface area contributed by atoms with Crippen molar-refractivity contribution in [2.45, 2.75) is 13.0 Å². The van der Waals surface area contributed by atoms with Crippen LogP contribution in [0.5, 0.6) is 0 Å². The van der Waals surface area contributed by atoms with E-state index in [1.54, 1.807) is 0 Å². The SMILES string of the molecule is CC(Nc1ncnc(Nc2cccc(Br)c2)c1N)c1ccccc1. The molecule has 4 N–H and O–H groups in total. The van der Waals surface area contributed by atoms with Crippen molar-refractivity contribution in [2.24, 2.45) is 0 Å². The summed E-state index contributed by atoms with van der Waals surface area (Å²) in [6.07, 6.45) is 1.50. The van der Waals surface area contributed by atoms with Gasteiger partial charge >= 0.3 is 0 Å². The molecule has 3 aromatic rings. The number of benzene rings is 2. The lowest BCUT2D eigenvalue weighted by Crippen LogP contribution is -2.11.